The van der Waals surface area contributed by atoms with Crippen LogP contribution < -0.4 is 4.90 Å². The molecule has 0 spiro atoms. The molecule has 9 heteroatoms. The first-order valence-corrected chi connectivity index (χ1v) is 9.60. The van der Waals surface area contributed by atoms with E-state index < -0.39 is 4.92 Å². The number of non-ortho nitro benzene ring substituents is 1. The lowest BCUT2D eigenvalue weighted by molar-refractivity contribution is -0.384. The fourth-order valence-corrected chi connectivity index (χ4v) is 3.62. The number of nitro groups is 1. The number of nitrogens with zero attached hydrogens (tertiary/aromatic N) is 4. The van der Waals surface area contributed by atoms with Gasteiger partial charge in [0.05, 0.1) is 15.1 Å². The van der Waals surface area contributed by atoms with Gasteiger partial charge in [-0.25, -0.2) is 9.37 Å². The maximum atomic E-state index is 13.5. The van der Waals surface area contributed by atoms with Crippen molar-refractivity contribution in [3.05, 3.63) is 70.0 Å². The zero-order chi connectivity index (χ0) is 21.0. The summed E-state index contributed by atoms with van der Waals surface area (Å²) >= 11 is 1.24. The highest BCUT2D eigenvalue weighted by Crippen LogP contribution is 2.29. The van der Waals surface area contributed by atoms with E-state index in [9.17, 15) is 19.3 Å². The molecule has 1 amide bonds. The van der Waals surface area contributed by atoms with Gasteiger partial charge >= 0.3 is 0 Å². The second kappa shape index (κ2) is 8.89. The highest BCUT2D eigenvalue weighted by molar-refractivity contribution is 7.22. The van der Waals surface area contributed by atoms with Crippen molar-refractivity contribution in [2.75, 3.05) is 32.1 Å². The van der Waals surface area contributed by atoms with Crippen molar-refractivity contribution in [3.8, 4) is 0 Å². The quantitative estimate of drug-likeness (QED) is 0.332. The van der Waals surface area contributed by atoms with E-state index in [4.69, 9.17) is 0 Å². The van der Waals surface area contributed by atoms with Crippen molar-refractivity contribution >= 4 is 44.4 Å². The SMILES string of the molecule is CN(C)CCN(C(=O)C=Cc1cccc([N+](=O)[O-])c1)c1nc2ccc(F)cc2s1. The largest absolute Gasteiger partial charge is 0.308 e. The summed E-state index contributed by atoms with van der Waals surface area (Å²) in [7, 11) is 3.80. The molecule has 0 aliphatic rings. The van der Waals surface area contributed by atoms with Gasteiger partial charge in [0.15, 0.2) is 5.13 Å². The van der Waals surface area contributed by atoms with Crippen LogP contribution in [0.1, 0.15) is 5.56 Å². The second-order valence-corrected chi connectivity index (χ2v) is 7.60. The topological polar surface area (TPSA) is 79.6 Å². The number of rotatable bonds is 7. The molecule has 150 valence electrons. The number of amides is 1. The van der Waals surface area contributed by atoms with Crippen LogP contribution in [0.5, 0.6) is 0 Å². The van der Waals surface area contributed by atoms with Crippen LogP contribution in [0.2, 0.25) is 0 Å². The number of anilines is 1. The van der Waals surface area contributed by atoms with E-state index in [2.05, 4.69) is 4.98 Å². The van der Waals surface area contributed by atoms with E-state index in [0.29, 0.717) is 34.0 Å². The molecular formula is C20H19FN4O3S. The Morgan fingerprint density at radius 1 is 1.24 bits per heavy atom. The molecule has 7 nitrogen and oxygen atoms in total. The molecule has 0 aliphatic carbocycles. The molecule has 0 saturated heterocycles. The summed E-state index contributed by atoms with van der Waals surface area (Å²) in [5.74, 6) is -0.665. The maximum absolute atomic E-state index is 13.5. The van der Waals surface area contributed by atoms with Crippen molar-refractivity contribution < 1.29 is 14.1 Å². The first kappa shape index (κ1) is 20.6. The van der Waals surface area contributed by atoms with Crippen LogP contribution in [0, 0.1) is 15.9 Å². The molecule has 0 atom stereocenters. The van der Waals surface area contributed by atoms with Gasteiger partial charge in [0, 0.05) is 31.3 Å². The molecule has 0 N–H and O–H groups in total. The Kier molecular flexibility index (Phi) is 6.30. The predicted molar refractivity (Wildman–Crippen MR) is 113 cm³/mol. The van der Waals surface area contributed by atoms with Crippen molar-refractivity contribution in [1.29, 1.82) is 0 Å². The molecule has 3 rings (SSSR count). The number of nitro benzene ring substituents is 1. The average molecular weight is 414 g/mol. The van der Waals surface area contributed by atoms with Crippen molar-refractivity contribution in [2.45, 2.75) is 0 Å². The number of benzene rings is 2. The van der Waals surface area contributed by atoms with Crippen LogP contribution in [0.3, 0.4) is 0 Å². The van der Waals surface area contributed by atoms with Crippen LogP contribution in [0.15, 0.2) is 48.5 Å². The lowest BCUT2D eigenvalue weighted by Crippen LogP contribution is -2.35. The van der Waals surface area contributed by atoms with Gasteiger partial charge in [-0.05, 0) is 43.9 Å². The summed E-state index contributed by atoms with van der Waals surface area (Å²) in [5.41, 5.74) is 1.13. The van der Waals surface area contributed by atoms with Crippen LogP contribution >= 0.6 is 11.3 Å². The van der Waals surface area contributed by atoms with E-state index in [1.807, 2.05) is 19.0 Å². The Morgan fingerprint density at radius 2 is 2.03 bits per heavy atom. The molecule has 0 fully saturated rings. The van der Waals surface area contributed by atoms with Gasteiger partial charge < -0.3 is 4.90 Å². The number of fused-ring (bicyclic) bond motifs is 1. The standard InChI is InChI=1S/C20H19FN4O3S/c1-23(2)10-11-24(20-22-17-8-7-15(21)13-18(17)29-20)19(26)9-6-14-4-3-5-16(12-14)25(27)28/h3-9,12-13H,10-11H2,1-2H3. The summed E-state index contributed by atoms with van der Waals surface area (Å²) in [6.07, 6.45) is 2.90. The summed E-state index contributed by atoms with van der Waals surface area (Å²) in [5, 5.41) is 11.4. The molecule has 0 saturated carbocycles. The first-order valence-electron chi connectivity index (χ1n) is 8.78. The Labute approximate surface area is 170 Å². The van der Waals surface area contributed by atoms with Crippen molar-refractivity contribution in [1.82, 2.24) is 9.88 Å². The van der Waals surface area contributed by atoms with E-state index in [-0.39, 0.29) is 17.4 Å². The van der Waals surface area contributed by atoms with Crippen molar-refractivity contribution in [3.63, 3.8) is 0 Å². The van der Waals surface area contributed by atoms with Crippen LogP contribution in [0.4, 0.5) is 15.2 Å². The first-order chi connectivity index (χ1) is 13.8. The third-order valence-electron chi connectivity index (χ3n) is 4.11. The number of hydrogen-bond acceptors (Lipinski definition) is 6. The maximum Gasteiger partial charge on any atom is 0.270 e. The number of carbonyl (C=O) groups is 1. The van der Waals surface area contributed by atoms with Gasteiger partial charge in [0.25, 0.3) is 11.6 Å². The minimum Gasteiger partial charge on any atom is -0.308 e. The summed E-state index contributed by atoms with van der Waals surface area (Å²) in [4.78, 5) is 31.2. The summed E-state index contributed by atoms with van der Waals surface area (Å²) < 4.78 is 14.1. The predicted octanol–water partition coefficient (Wildman–Crippen LogP) is 3.95. The van der Waals surface area contributed by atoms with Gasteiger partial charge in [-0.1, -0.05) is 23.5 Å². The molecule has 3 aromatic rings. The van der Waals surface area contributed by atoms with Gasteiger partial charge in [0.2, 0.25) is 0 Å². The van der Waals surface area contributed by atoms with Gasteiger partial charge in [-0.2, -0.15) is 0 Å². The number of halogens is 1. The third kappa shape index (κ3) is 5.21. The third-order valence-corrected chi connectivity index (χ3v) is 5.15. The highest BCUT2D eigenvalue weighted by Gasteiger charge is 2.18. The fourth-order valence-electron chi connectivity index (χ4n) is 2.60. The van der Waals surface area contributed by atoms with Gasteiger partial charge in [-0.3, -0.25) is 19.8 Å². The molecule has 29 heavy (non-hydrogen) atoms. The summed E-state index contributed by atoms with van der Waals surface area (Å²) in [6.45, 7) is 1.01. The Bertz CT molecular complexity index is 1080. The number of thiazole rings is 1. The fraction of sp³-hybridized carbons (Fsp3) is 0.200. The number of carbonyl (C=O) groups excluding carboxylic acids is 1. The van der Waals surface area contributed by atoms with Gasteiger partial charge in [-0.15, -0.1) is 0 Å². The van der Waals surface area contributed by atoms with E-state index >= 15 is 0 Å². The summed E-state index contributed by atoms with van der Waals surface area (Å²) in [6, 6.07) is 10.3. The van der Waals surface area contributed by atoms with E-state index in [1.54, 1.807) is 18.2 Å². The van der Waals surface area contributed by atoms with Crippen LogP contribution in [-0.2, 0) is 4.79 Å². The molecule has 0 unspecified atom stereocenters. The Hall–Kier alpha value is -3.17. The molecule has 1 heterocycles. The zero-order valence-electron chi connectivity index (χ0n) is 15.9. The Morgan fingerprint density at radius 3 is 2.76 bits per heavy atom. The van der Waals surface area contributed by atoms with Crippen LogP contribution in [0.25, 0.3) is 16.3 Å². The minimum absolute atomic E-state index is 0.0442. The zero-order valence-corrected chi connectivity index (χ0v) is 16.7. The monoisotopic (exact) mass is 414 g/mol. The second-order valence-electron chi connectivity index (χ2n) is 6.59. The molecule has 0 aliphatic heterocycles. The minimum atomic E-state index is -0.483. The normalized spacial score (nSPS) is 11.4. The molecule has 0 bridgehead atoms. The molecule has 0 radical (unpaired) electrons. The van der Waals surface area contributed by atoms with Gasteiger partial charge in [0.1, 0.15) is 5.82 Å². The molecular weight excluding hydrogens is 395 g/mol. The van der Waals surface area contributed by atoms with Crippen LogP contribution in [-0.4, -0.2) is 47.9 Å². The Balaban J connectivity index is 1.87. The average Bonchev–Trinajstić information content (AvgIpc) is 3.09. The molecule has 1 aromatic heterocycles. The van der Waals surface area contributed by atoms with Crippen molar-refractivity contribution in [2.24, 2.45) is 0 Å². The number of aromatic nitrogens is 1. The lowest BCUT2D eigenvalue weighted by Gasteiger charge is -2.20. The number of hydrogen-bond donors (Lipinski definition) is 0. The smallest absolute Gasteiger partial charge is 0.270 e. The highest BCUT2D eigenvalue weighted by atomic mass is 32.1. The molecule has 2 aromatic carbocycles. The lowest BCUT2D eigenvalue weighted by atomic mass is 10.2. The van der Waals surface area contributed by atoms with E-state index in [0.717, 1.165) is 0 Å². The number of likely N-dealkylation sites (N-methyl/N-ethyl adjacent to an activating group) is 1. The van der Waals surface area contributed by atoms with E-state index in [1.165, 1.54) is 52.7 Å².